The smallest absolute Gasteiger partial charge is 0.312 e. The van der Waals surface area contributed by atoms with Crippen molar-refractivity contribution >= 4 is 5.97 Å². The summed E-state index contributed by atoms with van der Waals surface area (Å²) >= 11 is 0. The Morgan fingerprint density at radius 2 is 2.50 bits per heavy atom. The Kier molecular flexibility index (Phi) is 0.587. The number of esters is 1. The molecule has 0 bridgehead atoms. The minimum absolute atomic E-state index is 0.0787. The third kappa shape index (κ3) is 0.295. The van der Waals surface area contributed by atoms with E-state index in [1.165, 1.54) is 0 Å². The molecule has 0 aromatic rings. The van der Waals surface area contributed by atoms with E-state index in [0.717, 1.165) is 0 Å². The van der Waals surface area contributed by atoms with Crippen molar-refractivity contribution in [3.63, 3.8) is 0 Å². The summed E-state index contributed by atoms with van der Waals surface area (Å²) in [5.41, 5.74) is 0. The Morgan fingerprint density at radius 1 is 2.00 bits per heavy atom. The lowest BCUT2D eigenvalue weighted by atomic mass is 10.1. The lowest BCUT2D eigenvalue weighted by Crippen LogP contribution is -2.31. The van der Waals surface area contributed by atoms with E-state index in [9.17, 15) is 4.79 Å². The standard InChI is InChI=1S/C4H5O2/c1-3-2-6-4(3)5/h3H,1-2H2. The van der Waals surface area contributed by atoms with Gasteiger partial charge in [-0.05, 0) is 6.92 Å². The average molecular weight is 85.1 g/mol. The van der Waals surface area contributed by atoms with E-state index < -0.39 is 0 Å². The second-order valence-corrected chi connectivity index (χ2v) is 1.33. The summed E-state index contributed by atoms with van der Waals surface area (Å²) < 4.78 is 4.34. The van der Waals surface area contributed by atoms with Crippen molar-refractivity contribution in [1.82, 2.24) is 0 Å². The van der Waals surface area contributed by atoms with Gasteiger partial charge < -0.3 is 4.74 Å². The van der Waals surface area contributed by atoms with Crippen LogP contribution in [0, 0.1) is 12.8 Å². The van der Waals surface area contributed by atoms with Crippen molar-refractivity contribution in [2.75, 3.05) is 6.61 Å². The number of hydrogen-bond acceptors (Lipinski definition) is 2. The maximum Gasteiger partial charge on any atom is 0.312 e. The van der Waals surface area contributed by atoms with Crippen LogP contribution < -0.4 is 0 Å². The summed E-state index contributed by atoms with van der Waals surface area (Å²) in [6.07, 6.45) is 0. The van der Waals surface area contributed by atoms with Gasteiger partial charge in [0.1, 0.15) is 6.61 Å². The van der Waals surface area contributed by atoms with Gasteiger partial charge in [0.2, 0.25) is 0 Å². The summed E-state index contributed by atoms with van der Waals surface area (Å²) in [5, 5.41) is 0. The molecule has 1 rings (SSSR count). The van der Waals surface area contributed by atoms with E-state index in [1.807, 2.05) is 0 Å². The number of carbonyl (C=O) groups excluding carboxylic acids is 1. The molecule has 0 saturated carbocycles. The van der Waals surface area contributed by atoms with E-state index in [1.54, 1.807) is 0 Å². The fourth-order valence-corrected chi connectivity index (χ4v) is 0.269. The van der Waals surface area contributed by atoms with Gasteiger partial charge in [-0.2, -0.15) is 0 Å². The molecule has 0 spiro atoms. The van der Waals surface area contributed by atoms with Gasteiger partial charge in [-0.15, -0.1) is 0 Å². The molecule has 1 unspecified atom stereocenters. The van der Waals surface area contributed by atoms with Crippen molar-refractivity contribution in [3.8, 4) is 0 Å². The van der Waals surface area contributed by atoms with Gasteiger partial charge in [0.05, 0.1) is 5.92 Å². The highest BCUT2D eigenvalue weighted by Gasteiger charge is 2.24. The number of rotatable bonds is 0. The zero-order chi connectivity index (χ0) is 4.57. The van der Waals surface area contributed by atoms with Crippen molar-refractivity contribution in [2.24, 2.45) is 5.92 Å². The van der Waals surface area contributed by atoms with Gasteiger partial charge in [0, 0.05) is 0 Å². The van der Waals surface area contributed by atoms with Crippen LogP contribution in [0.25, 0.3) is 0 Å². The topological polar surface area (TPSA) is 26.3 Å². The highest BCUT2D eigenvalue weighted by Crippen LogP contribution is 2.08. The summed E-state index contributed by atoms with van der Waals surface area (Å²) in [5.74, 6) is -0.250. The molecule has 1 aliphatic rings. The Balaban J connectivity index is 2.39. The lowest BCUT2D eigenvalue weighted by molar-refractivity contribution is -0.164. The first-order valence-corrected chi connectivity index (χ1v) is 1.80. The average Bonchev–Trinajstić information content (AvgIpc) is 1.61. The molecule has 1 radical (unpaired) electrons. The Morgan fingerprint density at radius 3 is 2.50 bits per heavy atom. The fraction of sp³-hybridized carbons (Fsp3) is 0.500. The molecule has 2 nitrogen and oxygen atoms in total. The van der Waals surface area contributed by atoms with Gasteiger partial charge >= 0.3 is 5.97 Å². The van der Waals surface area contributed by atoms with Crippen molar-refractivity contribution in [3.05, 3.63) is 6.92 Å². The van der Waals surface area contributed by atoms with E-state index in [2.05, 4.69) is 11.7 Å². The third-order valence-electron chi connectivity index (χ3n) is 0.760. The van der Waals surface area contributed by atoms with Crippen LogP contribution in [0.2, 0.25) is 0 Å². The highest BCUT2D eigenvalue weighted by molar-refractivity contribution is 5.77. The summed E-state index contributed by atoms with van der Waals surface area (Å²) in [7, 11) is 0. The first kappa shape index (κ1) is 3.65. The van der Waals surface area contributed by atoms with Crippen LogP contribution in [0.5, 0.6) is 0 Å². The monoisotopic (exact) mass is 85.0 g/mol. The van der Waals surface area contributed by atoms with E-state index in [-0.39, 0.29) is 11.9 Å². The fourth-order valence-electron chi connectivity index (χ4n) is 0.269. The molecule has 0 aromatic carbocycles. The Bertz CT molecular complexity index is 77.6. The van der Waals surface area contributed by atoms with Gasteiger partial charge in [0.25, 0.3) is 0 Å². The number of hydrogen-bond donors (Lipinski definition) is 0. The Labute approximate surface area is 36.1 Å². The van der Waals surface area contributed by atoms with Crippen LogP contribution >= 0.6 is 0 Å². The lowest BCUT2D eigenvalue weighted by Gasteiger charge is -2.19. The zero-order valence-electron chi connectivity index (χ0n) is 3.31. The molecular weight excluding hydrogens is 80.0 g/mol. The molecule has 1 heterocycles. The van der Waals surface area contributed by atoms with Gasteiger partial charge in [0.15, 0.2) is 0 Å². The minimum atomic E-state index is -0.171. The SMILES string of the molecule is [CH2]C1COC1=O. The number of cyclic esters (lactones) is 1. The second kappa shape index (κ2) is 0.965. The quantitative estimate of drug-likeness (QED) is 0.387. The van der Waals surface area contributed by atoms with E-state index in [0.29, 0.717) is 6.61 Å². The molecule has 33 valence electrons. The zero-order valence-corrected chi connectivity index (χ0v) is 3.31. The first-order chi connectivity index (χ1) is 2.80. The molecule has 0 N–H and O–H groups in total. The first-order valence-electron chi connectivity index (χ1n) is 1.80. The van der Waals surface area contributed by atoms with E-state index in [4.69, 9.17) is 0 Å². The largest absolute Gasteiger partial charge is 0.464 e. The van der Waals surface area contributed by atoms with Crippen molar-refractivity contribution in [1.29, 1.82) is 0 Å². The summed E-state index contributed by atoms with van der Waals surface area (Å²) in [4.78, 5) is 9.95. The maximum atomic E-state index is 9.95. The molecule has 1 saturated heterocycles. The van der Waals surface area contributed by atoms with Gasteiger partial charge in [-0.3, -0.25) is 4.79 Å². The maximum absolute atomic E-state index is 9.95. The predicted octanol–water partition coefficient (Wildman–Crippen LogP) is -0.00651. The Hall–Kier alpha value is -0.530. The van der Waals surface area contributed by atoms with Crippen LogP contribution in [0.4, 0.5) is 0 Å². The molecule has 0 aromatic heterocycles. The summed E-state index contributed by atoms with van der Waals surface area (Å²) in [6.45, 7) is 3.96. The van der Waals surface area contributed by atoms with Crippen LogP contribution in [-0.4, -0.2) is 12.6 Å². The van der Waals surface area contributed by atoms with Crippen LogP contribution in [0.1, 0.15) is 0 Å². The molecule has 1 atom stereocenters. The predicted molar refractivity (Wildman–Crippen MR) is 19.8 cm³/mol. The van der Waals surface area contributed by atoms with Crippen molar-refractivity contribution in [2.45, 2.75) is 0 Å². The molecule has 0 aliphatic carbocycles. The molecular formula is C4H5O2. The highest BCUT2D eigenvalue weighted by atomic mass is 16.6. The third-order valence-corrected chi connectivity index (χ3v) is 0.760. The van der Waals surface area contributed by atoms with Gasteiger partial charge in [-0.25, -0.2) is 0 Å². The molecule has 1 aliphatic heterocycles. The van der Waals surface area contributed by atoms with Crippen LogP contribution in [0.3, 0.4) is 0 Å². The van der Waals surface area contributed by atoms with Gasteiger partial charge in [-0.1, -0.05) is 0 Å². The van der Waals surface area contributed by atoms with Crippen LogP contribution in [0.15, 0.2) is 0 Å². The summed E-state index contributed by atoms with van der Waals surface area (Å²) in [6, 6.07) is 0. The number of carbonyl (C=O) groups is 1. The van der Waals surface area contributed by atoms with Crippen LogP contribution in [-0.2, 0) is 9.53 Å². The molecule has 6 heavy (non-hydrogen) atoms. The second-order valence-electron chi connectivity index (χ2n) is 1.33. The molecule has 2 heteroatoms. The normalized spacial score (nSPS) is 31.5. The minimum Gasteiger partial charge on any atom is -0.464 e. The van der Waals surface area contributed by atoms with Crippen molar-refractivity contribution < 1.29 is 9.53 Å². The molecule has 1 fully saturated rings. The number of ether oxygens (including phenoxy) is 1. The van der Waals surface area contributed by atoms with E-state index >= 15 is 0 Å². The molecule has 0 amide bonds.